The molecule has 0 aromatic rings. The minimum absolute atomic E-state index is 0.0234. The van der Waals surface area contributed by atoms with Crippen LogP contribution in [-0.4, -0.2) is 40.0 Å². The Morgan fingerprint density at radius 2 is 1.29 bits per heavy atom. The molecule has 0 bridgehead atoms. The Balaban J connectivity index is 4.65. The van der Waals surface area contributed by atoms with Gasteiger partial charge in [0.15, 0.2) is 0 Å². The first-order valence-corrected chi connectivity index (χ1v) is 10.8. The van der Waals surface area contributed by atoms with E-state index in [0.717, 1.165) is 12.8 Å². The van der Waals surface area contributed by atoms with Gasteiger partial charge in [0.1, 0.15) is 0 Å². The summed E-state index contributed by atoms with van der Waals surface area (Å²) in [4.78, 5) is 5.65. The molecule has 2 nitrogen and oxygen atoms in total. The smallest absolute Gasteiger partial charge is 0.0575 e. The third-order valence-corrected chi connectivity index (χ3v) is 6.20. The molecule has 0 unspecified atom stereocenters. The van der Waals surface area contributed by atoms with E-state index in [0.29, 0.717) is 11.5 Å². The zero-order chi connectivity index (χ0) is 19.4. The van der Waals surface area contributed by atoms with Gasteiger partial charge in [0.25, 0.3) is 0 Å². The molecule has 0 saturated carbocycles. The second-order valence-corrected chi connectivity index (χ2v) is 12.6. The van der Waals surface area contributed by atoms with Gasteiger partial charge in [-0.25, -0.2) is 0 Å². The molecule has 0 aliphatic heterocycles. The van der Waals surface area contributed by atoms with Crippen molar-refractivity contribution < 1.29 is 4.84 Å². The van der Waals surface area contributed by atoms with Crippen LogP contribution >= 0.6 is 24.4 Å². The first kappa shape index (κ1) is 24.6. The molecule has 0 aromatic heterocycles. The van der Waals surface area contributed by atoms with E-state index in [4.69, 9.17) is 17.5 Å². The molecule has 0 amide bonds. The maximum Gasteiger partial charge on any atom is 0.0575 e. The summed E-state index contributed by atoms with van der Waals surface area (Å²) in [5.74, 6) is 2.35. The third-order valence-electron chi connectivity index (χ3n) is 4.07. The average molecular weight is 378 g/mol. The van der Waals surface area contributed by atoms with Crippen LogP contribution in [0.25, 0.3) is 0 Å². The number of thiol groups is 1. The van der Waals surface area contributed by atoms with Gasteiger partial charge in [0, 0.05) is 16.3 Å². The second kappa shape index (κ2) is 9.01. The molecule has 0 aliphatic rings. The lowest BCUT2D eigenvalue weighted by Gasteiger charge is -2.44. The van der Waals surface area contributed by atoms with E-state index >= 15 is 0 Å². The Morgan fingerprint density at radius 1 is 0.875 bits per heavy atom. The lowest BCUT2D eigenvalue weighted by molar-refractivity contribution is -0.219. The number of thioether (sulfide) groups is 1. The molecule has 0 spiro atoms. The summed E-state index contributed by atoms with van der Waals surface area (Å²) in [6.45, 7) is 22.9. The molecule has 0 radical (unpaired) electrons. The summed E-state index contributed by atoms with van der Waals surface area (Å²) in [6.07, 6.45) is 2.24. The van der Waals surface area contributed by atoms with Gasteiger partial charge in [0.05, 0.1) is 7.11 Å². The lowest BCUT2D eigenvalue weighted by Crippen LogP contribution is -2.49. The predicted molar refractivity (Wildman–Crippen MR) is 115 cm³/mol. The minimum atomic E-state index is 0.0234. The monoisotopic (exact) mass is 377 g/mol. The van der Waals surface area contributed by atoms with Crippen LogP contribution in [-0.2, 0) is 4.84 Å². The van der Waals surface area contributed by atoms with Gasteiger partial charge >= 0.3 is 0 Å². The van der Waals surface area contributed by atoms with Crippen LogP contribution in [0.1, 0.15) is 82.1 Å². The van der Waals surface area contributed by atoms with E-state index in [1.54, 1.807) is 7.11 Å². The van der Waals surface area contributed by atoms with E-state index in [-0.39, 0.29) is 15.7 Å². The predicted octanol–water partition coefficient (Wildman–Crippen LogP) is 6.31. The van der Waals surface area contributed by atoms with E-state index < -0.39 is 0 Å². The van der Waals surface area contributed by atoms with Gasteiger partial charge in [-0.2, -0.15) is 29.5 Å². The first-order chi connectivity index (χ1) is 10.5. The van der Waals surface area contributed by atoms with Crippen molar-refractivity contribution in [2.45, 2.75) is 98.4 Å². The number of nitrogens with zero attached hydrogens (tertiary/aromatic N) is 1. The highest BCUT2D eigenvalue weighted by Gasteiger charge is 2.36. The van der Waals surface area contributed by atoms with E-state index in [1.807, 2.05) is 0 Å². The summed E-state index contributed by atoms with van der Waals surface area (Å²) in [6, 6.07) is 0.380. The van der Waals surface area contributed by atoms with Crippen LogP contribution in [0.2, 0.25) is 0 Å². The third kappa shape index (κ3) is 9.94. The Labute approximate surface area is 162 Å². The quantitative estimate of drug-likeness (QED) is 0.335. The van der Waals surface area contributed by atoms with Crippen LogP contribution < -0.4 is 0 Å². The number of rotatable bonds is 11. The molecular formula is C20H43NOS2. The van der Waals surface area contributed by atoms with Crippen LogP contribution in [0.4, 0.5) is 0 Å². The van der Waals surface area contributed by atoms with Crippen molar-refractivity contribution in [2.75, 3.05) is 18.6 Å². The van der Waals surface area contributed by atoms with Gasteiger partial charge < -0.3 is 4.84 Å². The highest BCUT2D eigenvalue weighted by atomic mass is 32.2. The molecule has 0 heterocycles. The van der Waals surface area contributed by atoms with Crippen molar-refractivity contribution in [1.82, 2.24) is 5.06 Å². The van der Waals surface area contributed by atoms with Crippen molar-refractivity contribution >= 4 is 24.4 Å². The summed E-state index contributed by atoms with van der Waals surface area (Å²) < 4.78 is 0.0950. The van der Waals surface area contributed by atoms with E-state index in [1.165, 1.54) is 11.5 Å². The highest BCUT2D eigenvalue weighted by Crippen LogP contribution is 2.39. The maximum absolute atomic E-state index is 5.65. The molecule has 0 saturated heterocycles. The van der Waals surface area contributed by atoms with E-state index in [2.05, 4.69) is 86.1 Å². The zero-order valence-electron chi connectivity index (χ0n) is 18.1. The molecular weight excluding hydrogens is 334 g/mol. The zero-order valence-corrected chi connectivity index (χ0v) is 19.8. The Hall–Kier alpha value is 0.620. The van der Waals surface area contributed by atoms with Crippen LogP contribution in [0.3, 0.4) is 0 Å². The number of hydrogen-bond acceptors (Lipinski definition) is 4. The molecule has 0 aliphatic carbocycles. The van der Waals surface area contributed by atoms with Crippen LogP contribution in [0, 0.1) is 10.8 Å². The summed E-state index contributed by atoms with van der Waals surface area (Å²) >= 11 is 6.79. The van der Waals surface area contributed by atoms with Gasteiger partial charge in [-0.3, -0.25) is 0 Å². The van der Waals surface area contributed by atoms with Crippen LogP contribution in [0.5, 0.6) is 0 Å². The van der Waals surface area contributed by atoms with Crippen LogP contribution in [0.15, 0.2) is 0 Å². The fourth-order valence-electron chi connectivity index (χ4n) is 4.28. The van der Waals surface area contributed by atoms with Gasteiger partial charge in [-0.15, -0.1) is 0 Å². The summed E-state index contributed by atoms with van der Waals surface area (Å²) in [5, 5.41) is 2.13. The van der Waals surface area contributed by atoms with Gasteiger partial charge in [0.2, 0.25) is 0 Å². The molecule has 0 N–H and O–H groups in total. The van der Waals surface area contributed by atoms with E-state index in [9.17, 15) is 0 Å². The fourth-order valence-corrected chi connectivity index (χ4v) is 6.12. The molecule has 0 fully saturated rings. The van der Waals surface area contributed by atoms with Gasteiger partial charge in [-0.1, -0.05) is 41.5 Å². The largest absolute Gasteiger partial charge is 0.302 e. The minimum Gasteiger partial charge on any atom is -0.302 e. The SMILES string of the molecule is CON(C(C)C)C(C)(C)CC(C)(C)CSCC(C)(C)CC(C)(C)S. The topological polar surface area (TPSA) is 12.5 Å². The Bertz CT molecular complexity index is 370. The van der Waals surface area contributed by atoms with Crippen molar-refractivity contribution in [2.24, 2.45) is 10.8 Å². The first-order valence-electron chi connectivity index (χ1n) is 9.15. The molecule has 4 heteroatoms. The molecule has 24 heavy (non-hydrogen) atoms. The Kier molecular flexibility index (Phi) is 9.24. The summed E-state index contributed by atoms with van der Waals surface area (Å²) in [5.41, 5.74) is 0.611. The lowest BCUT2D eigenvalue weighted by atomic mass is 9.81. The van der Waals surface area contributed by atoms with Crippen molar-refractivity contribution in [1.29, 1.82) is 0 Å². The summed E-state index contributed by atoms with van der Waals surface area (Å²) in [7, 11) is 1.78. The molecule has 146 valence electrons. The molecule has 0 aromatic carbocycles. The average Bonchev–Trinajstić information content (AvgIpc) is 2.21. The number of hydroxylamine groups is 2. The molecule has 0 atom stereocenters. The fraction of sp³-hybridized carbons (Fsp3) is 1.00. The van der Waals surface area contributed by atoms with Crippen molar-refractivity contribution in [3.8, 4) is 0 Å². The van der Waals surface area contributed by atoms with Gasteiger partial charge in [-0.05, 0) is 62.9 Å². The molecule has 0 rings (SSSR count). The standard InChI is InChI=1S/C20H43NOS2/c1-16(2)21(22-11)19(7,8)12-17(3,4)14-24-15-18(5,6)13-20(9,10)23/h16,23H,12-15H2,1-11H3. The van der Waals surface area contributed by atoms with Crippen molar-refractivity contribution in [3.63, 3.8) is 0 Å². The Morgan fingerprint density at radius 3 is 1.62 bits per heavy atom. The maximum atomic E-state index is 5.65. The normalized spacial score (nSPS) is 14.8. The van der Waals surface area contributed by atoms with Crippen molar-refractivity contribution in [3.05, 3.63) is 0 Å². The number of hydrogen-bond donors (Lipinski definition) is 1. The second-order valence-electron chi connectivity index (χ2n) is 10.4. The highest BCUT2D eigenvalue weighted by molar-refractivity contribution is 7.99.